The van der Waals surface area contributed by atoms with Gasteiger partial charge in [-0.1, -0.05) is 23.7 Å². The Hall–Kier alpha value is -3.56. The minimum Gasteiger partial charge on any atom is -0.515 e. The Labute approximate surface area is 178 Å². The molecule has 0 aliphatic carbocycles. The van der Waals surface area contributed by atoms with E-state index in [1.54, 1.807) is 48.5 Å². The molecule has 0 unspecified atom stereocenters. The number of urea groups is 1. The predicted molar refractivity (Wildman–Crippen MR) is 115 cm³/mol. The van der Waals surface area contributed by atoms with E-state index in [1.807, 2.05) is 0 Å². The summed E-state index contributed by atoms with van der Waals surface area (Å²) in [6.07, 6.45) is 1.79. The molecule has 0 saturated heterocycles. The molecular formula is C20H22ClN5O4. The number of hydrogen-bond acceptors (Lipinski definition) is 6. The molecular weight excluding hydrogens is 410 g/mol. The third-order valence-corrected chi connectivity index (χ3v) is 3.95. The molecule has 2 aromatic carbocycles. The molecule has 0 aliphatic rings. The van der Waals surface area contributed by atoms with Crippen LogP contribution in [-0.2, 0) is 6.54 Å². The lowest BCUT2D eigenvalue weighted by molar-refractivity contribution is 0.213. The Kier molecular flexibility index (Phi) is 8.67. The first-order chi connectivity index (χ1) is 14.4. The standard InChI is InChI=1S/C20H22ClN5O4/c21-15-3-1-14(2-4-15)13-26(20(29)24-10-12-28)19(23)25-16-5-7-17(8-6-16)30-18(22)9-11-27/h1-9,11,22,27-28H,10,12-13H2,(H2,23,25)(H,24,29)/b11-9-,22-18?. The summed E-state index contributed by atoms with van der Waals surface area (Å²) in [4.78, 5) is 18.0. The molecule has 158 valence electrons. The topological polar surface area (TPSA) is 144 Å². The van der Waals surface area contributed by atoms with Crippen molar-refractivity contribution in [2.45, 2.75) is 6.54 Å². The first kappa shape index (κ1) is 22.7. The van der Waals surface area contributed by atoms with Crippen LogP contribution >= 0.6 is 11.6 Å². The number of carbonyl (C=O) groups excluding carboxylic acids is 1. The molecule has 9 nitrogen and oxygen atoms in total. The number of rotatable bonds is 7. The van der Waals surface area contributed by atoms with Crippen molar-refractivity contribution in [1.82, 2.24) is 10.2 Å². The molecule has 10 heteroatoms. The van der Waals surface area contributed by atoms with Crippen molar-refractivity contribution in [2.24, 2.45) is 10.7 Å². The van der Waals surface area contributed by atoms with E-state index in [0.29, 0.717) is 22.7 Å². The fraction of sp³-hybridized carbons (Fsp3) is 0.150. The van der Waals surface area contributed by atoms with Gasteiger partial charge < -0.3 is 26.0 Å². The van der Waals surface area contributed by atoms with E-state index in [-0.39, 0.29) is 31.6 Å². The third kappa shape index (κ3) is 7.12. The highest BCUT2D eigenvalue weighted by atomic mass is 35.5. The van der Waals surface area contributed by atoms with Crippen LogP contribution in [0.1, 0.15) is 5.56 Å². The number of carbonyl (C=O) groups is 1. The highest BCUT2D eigenvalue weighted by Gasteiger charge is 2.18. The fourth-order valence-corrected chi connectivity index (χ4v) is 2.42. The summed E-state index contributed by atoms with van der Waals surface area (Å²) in [6.45, 7) is 0.0125. The Balaban J connectivity index is 2.19. The van der Waals surface area contributed by atoms with Crippen LogP contribution in [0.5, 0.6) is 5.75 Å². The molecule has 30 heavy (non-hydrogen) atoms. The van der Waals surface area contributed by atoms with Crippen molar-refractivity contribution in [3.8, 4) is 5.75 Å². The van der Waals surface area contributed by atoms with Crippen LogP contribution in [0.3, 0.4) is 0 Å². The highest BCUT2D eigenvalue weighted by molar-refractivity contribution is 6.30. The molecule has 2 aromatic rings. The van der Waals surface area contributed by atoms with Crippen LogP contribution in [0.2, 0.25) is 5.02 Å². The fourth-order valence-electron chi connectivity index (χ4n) is 2.30. The van der Waals surface area contributed by atoms with Crippen molar-refractivity contribution in [1.29, 1.82) is 5.41 Å². The van der Waals surface area contributed by atoms with Crippen LogP contribution in [0, 0.1) is 5.41 Å². The van der Waals surface area contributed by atoms with Gasteiger partial charge >= 0.3 is 6.03 Å². The number of benzene rings is 2. The molecule has 0 fully saturated rings. The summed E-state index contributed by atoms with van der Waals surface area (Å²) in [5, 5.41) is 28.2. The number of nitrogens with zero attached hydrogens (tertiary/aromatic N) is 2. The normalized spacial score (nSPS) is 11.3. The van der Waals surface area contributed by atoms with Gasteiger partial charge in [-0.25, -0.2) is 9.79 Å². The van der Waals surface area contributed by atoms with Gasteiger partial charge in [-0.2, -0.15) is 0 Å². The molecule has 0 radical (unpaired) electrons. The van der Waals surface area contributed by atoms with Crippen molar-refractivity contribution in [3.63, 3.8) is 0 Å². The largest absolute Gasteiger partial charge is 0.515 e. The summed E-state index contributed by atoms with van der Waals surface area (Å²) < 4.78 is 5.18. The quantitative estimate of drug-likeness (QED) is 0.260. The number of nitrogens with two attached hydrogens (primary N) is 1. The van der Waals surface area contributed by atoms with Gasteiger partial charge in [-0.15, -0.1) is 0 Å². The maximum absolute atomic E-state index is 12.5. The number of ether oxygens (including phenoxy) is 1. The van der Waals surface area contributed by atoms with Gasteiger partial charge in [0, 0.05) is 17.6 Å². The Morgan fingerprint density at radius 2 is 1.90 bits per heavy atom. The number of halogens is 1. The van der Waals surface area contributed by atoms with Gasteiger partial charge in [0.05, 0.1) is 25.1 Å². The second-order valence-corrected chi connectivity index (χ2v) is 6.35. The van der Waals surface area contributed by atoms with E-state index in [2.05, 4.69) is 10.3 Å². The summed E-state index contributed by atoms with van der Waals surface area (Å²) in [6, 6.07) is 12.8. The summed E-state index contributed by atoms with van der Waals surface area (Å²) in [7, 11) is 0. The number of amides is 2. The van der Waals surface area contributed by atoms with Gasteiger partial charge in [0.1, 0.15) is 5.75 Å². The minimum atomic E-state index is -0.510. The number of aliphatic hydroxyl groups excluding tert-OH is 2. The Bertz CT molecular complexity index is 914. The van der Waals surface area contributed by atoms with E-state index >= 15 is 0 Å². The van der Waals surface area contributed by atoms with Crippen LogP contribution in [-0.4, -0.2) is 46.2 Å². The van der Waals surface area contributed by atoms with E-state index < -0.39 is 6.03 Å². The number of nitrogens with one attached hydrogen (secondary N) is 2. The Morgan fingerprint density at radius 3 is 2.50 bits per heavy atom. The van der Waals surface area contributed by atoms with Gasteiger partial charge in [-0.05, 0) is 42.0 Å². The molecule has 0 bridgehead atoms. The zero-order chi connectivity index (χ0) is 21.9. The first-order valence-corrected chi connectivity index (χ1v) is 9.22. The van der Waals surface area contributed by atoms with E-state index in [1.165, 1.54) is 4.90 Å². The smallest absolute Gasteiger partial charge is 0.324 e. The minimum absolute atomic E-state index is 0.0509. The average molecular weight is 432 g/mol. The van der Waals surface area contributed by atoms with Crippen molar-refractivity contribution >= 4 is 35.2 Å². The van der Waals surface area contributed by atoms with Gasteiger partial charge in [-0.3, -0.25) is 10.3 Å². The first-order valence-electron chi connectivity index (χ1n) is 8.85. The third-order valence-electron chi connectivity index (χ3n) is 3.70. The predicted octanol–water partition coefficient (Wildman–Crippen LogP) is 2.92. The molecule has 0 aromatic heterocycles. The van der Waals surface area contributed by atoms with Crippen LogP contribution in [0.15, 0.2) is 65.9 Å². The molecule has 0 aliphatic heterocycles. The summed E-state index contributed by atoms with van der Waals surface area (Å²) in [5.41, 5.74) is 7.33. The van der Waals surface area contributed by atoms with Gasteiger partial charge in [0.25, 0.3) is 0 Å². The second-order valence-electron chi connectivity index (χ2n) is 5.91. The number of hydrogen-bond donors (Lipinski definition) is 5. The van der Waals surface area contributed by atoms with E-state index in [4.69, 9.17) is 37.7 Å². The molecule has 2 rings (SSSR count). The molecule has 2 amide bonds. The monoisotopic (exact) mass is 431 g/mol. The lowest BCUT2D eigenvalue weighted by Gasteiger charge is -2.22. The average Bonchev–Trinajstić information content (AvgIpc) is 2.73. The molecule has 0 heterocycles. The number of aliphatic imine (C=N–C) groups is 1. The Morgan fingerprint density at radius 1 is 1.23 bits per heavy atom. The van der Waals surface area contributed by atoms with Crippen LogP contribution in [0.4, 0.5) is 10.5 Å². The van der Waals surface area contributed by atoms with E-state index in [0.717, 1.165) is 11.6 Å². The van der Waals surface area contributed by atoms with Crippen LogP contribution < -0.4 is 15.8 Å². The molecule has 6 N–H and O–H groups in total. The van der Waals surface area contributed by atoms with Crippen molar-refractivity contribution in [2.75, 3.05) is 13.2 Å². The lowest BCUT2D eigenvalue weighted by Crippen LogP contribution is -2.47. The number of guanidine groups is 1. The maximum Gasteiger partial charge on any atom is 0.324 e. The zero-order valence-electron chi connectivity index (χ0n) is 16.0. The summed E-state index contributed by atoms with van der Waals surface area (Å²) >= 11 is 5.90. The highest BCUT2D eigenvalue weighted by Crippen LogP contribution is 2.19. The van der Waals surface area contributed by atoms with Crippen molar-refractivity contribution < 1.29 is 19.7 Å². The van der Waals surface area contributed by atoms with E-state index in [9.17, 15) is 4.79 Å². The second kappa shape index (κ2) is 11.4. The maximum atomic E-state index is 12.5. The van der Waals surface area contributed by atoms with Gasteiger partial charge in [0.15, 0.2) is 0 Å². The molecule has 0 saturated carbocycles. The van der Waals surface area contributed by atoms with Crippen LogP contribution in [0.25, 0.3) is 0 Å². The van der Waals surface area contributed by atoms with Gasteiger partial charge in [0.2, 0.25) is 11.9 Å². The zero-order valence-corrected chi connectivity index (χ0v) is 16.7. The lowest BCUT2D eigenvalue weighted by atomic mass is 10.2. The molecule has 0 atom stereocenters. The van der Waals surface area contributed by atoms with Crippen molar-refractivity contribution in [3.05, 3.63) is 71.5 Å². The SMILES string of the molecule is N=C(/C=C\O)Oc1ccc(/N=C(\N)N(Cc2ccc(Cl)cc2)C(=O)NCCO)cc1. The summed E-state index contributed by atoms with van der Waals surface area (Å²) in [5.74, 6) is 0.0855. The number of aliphatic hydroxyl groups is 2. The molecule has 0 spiro atoms.